The molecule has 0 aliphatic rings. The molecule has 124 valence electrons. The molecule has 0 saturated carbocycles. The zero-order valence-corrected chi connectivity index (χ0v) is 13.7. The van der Waals surface area contributed by atoms with Crippen molar-refractivity contribution in [2.24, 2.45) is 0 Å². The highest BCUT2D eigenvalue weighted by atomic mass is 16.5. The molecule has 0 aliphatic carbocycles. The third kappa shape index (κ3) is 4.98. The first-order valence-electron chi connectivity index (χ1n) is 7.79. The monoisotopic (exact) mass is 316 g/mol. The van der Waals surface area contributed by atoms with Gasteiger partial charge in [0.15, 0.2) is 0 Å². The van der Waals surface area contributed by atoms with Gasteiger partial charge in [-0.2, -0.15) is 0 Å². The van der Waals surface area contributed by atoms with Gasteiger partial charge in [-0.3, -0.25) is 0 Å². The zero-order valence-electron chi connectivity index (χ0n) is 13.7. The van der Waals surface area contributed by atoms with Gasteiger partial charge in [0, 0.05) is 10.8 Å². The van der Waals surface area contributed by atoms with Crippen LogP contribution < -0.4 is 9.47 Å². The number of aliphatic hydroxyl groups excluding tert-OH is 1. The predicted octanol–water partition coefficient (Wildman–Crippen LogP) is 3.57. The van der Waals surface area contributed by atoms with E-state index in [1.807, 2.05) is 50.2 Å². The van der Waals surface area contributed by atoms with Crippen molar-refractivity contribution in [3.05, 3.63) is 49.1 Å². The fourth-order valence-electron chi connectivity index (χ4n) is 2.25. The maximum Gasteiger partial charge on any atom is 0.127 e. The number of hydrogen-bond donors (Lipinski definition) is 1. The van der Waals surface area contributed by atoms with Crippen LogP contribution in [-0.4, -0.2) is 37.1 Å². The summed E-state index contributed by atoms with van der Waals surface area (Å²) in [4.78, 5) is 0. The van der Waals surface area contributed by atoms with Crippen molar-refractivity contribution in [2.45, 2.75) is 26.1 Å². The van der Waals surface area contributed by atoms with Crippen LogP contribution in [0.2, 0.25) is 0 Å². The molecule has 1 N–H and O–H groups in total. The van der Waals surface area contributed by atoms with Crippen molar-refractivity contribution in [3.8, 4) is 11.5 Å². The smallest absolute Gasteiger partial charge is 0.127 e. The van der Waals surface area contributed by atoms with E-state index in [1.54, 1.807) is 6.08 Å². The average molecular weight is 316 g/mol. The van der Waals surface area contributed by atoms with E-state index < -0.39 is 6.10 Å². The van der Waals surface area contributed by atoms with E-state index in [4.69, 9.17) is 14.2 Å². The van der Waals surface area contributed by atoms with Crippen LogP contribution in [0.4, 0.5) is 0 Å². The molecule has 0 aliphatic heterocycles. The molecule has 0 fully saturated rings. The minimum atomic E-state index is -0.680. The summed E-state index contributed by atoms with van der Waals surface area (Å²) in [5, 5.41) is 11.8. The molecule has 2 aromatic carbocycles. The summed E-state index contributed by atoms with van der Waals surface area (Å²) in [6, 6.07) is 11.7. The Bertz CT molecular complexity index is 636. The Morgan fingerprint density at radius 2 is 1.70 bits per heavy atom. The van der Waals surface area contributed by atoms with Crippen molar-refractivity contribution in [2.75, 3.05) is 19.8 Å². The lowest BCUT2D eigenvalue weighted by atomic mass is 10.1. The second-order valence-electron chi connectivity index (χ2n) is 5.56. The van der Waals surface area contributed by atoms with Crippen molar-refractivity contribution in [3.63, 3.8) is 0 Å². The van der Waals surface area contributed by atoms with Gasteiger partial charge in [0.1, 0.15) is 24.2 Å². The third-order valence-electron chi connectivity index (χ3n) is 3.18. The molecule has 0 heterocycles. The molecule has 0 amide bonds. The summed E-state index contributed by atoms with van der Waals surface area (Å²) in [5.41, 5.74) is 0. The molecule has 0 radical (unpaired) electrons. The van der Waals surface area contributed by atoms with Crippen LogP contribution >= 0.6 is 0 Å². The van der Waals surface area contributed by atoms with E-state index >= 15 is 0 Å². The van der Waals surface area contributed by atoms with Gasteiger partial charge < -0.3 is 19.3 Å². The highest BCUT2D eigenvalue weighted by Gasteiger charge is 2.11. The first kappa shape index (κ1) is 17.3. The van der Waals surface area contributed by atoms with Gasteiger partial charge >= 0.3 is 0 Å². The average Bonchev–Trinajstić information content (AvgIpc) is 2.54. The number of aliphatic hydroxyl groups is 1. The maximum absolute atomic E-state index is 9.87. The van der Waals surface area contributed by atoms with E-state index in [-0.39, 0.29) is 19.3 Å². The minimum Gasteiger partial charge on any atom is -0.490 e. The topological polar surface area (TPSA) is 47.9 Å². The van der Waals surface area contributed by atoms with E-state index in [1.165, 1.54) is 0 Å². The lowest BCUT2D eigenvalue weighted by Gasteiger charge is -2.16. The van der Waals surface area contributed by atoms with Gasteiger partial charge in [0.05, 0.1) is 19.3 Å². The Hall–Kier alpha value is -2.04. The number of hydrogen-bond acceptors (Lipinski definition) is 4. The summed E-state index contributed by atoms with van der Waals surface area (Å²) in [5.74, 6) is 1.55. The molecule has 4 nitrogen and oxygen atoms in total. The molecule has 4 heteroatoms. The molecule has 1 unspecified atom stereocenters. The fourth-order valence-corrected chi connectivity index (χ4v) is 2.25. The van der Waals surface area contributed by atoms with Crippen LogP contribution in [0.15, 0.2) is 49.1 Å². The predicted molar refractivity (Wildman–Crippen MR) is 92.2 cm³/mol. The van der Waals surface area contributed by atoms with Crippen LogP contribution in [0.1, 0.15) is 13.8 Å². The molecule has 0 aromatic heterocycles. The summed E-state index contributed by atoms with van der Waals surface area (Å²) >= 11 is 0. The van der Waals surface area contributed by atoms with Crippen molar-refractivity contribution in [1.29, 1.82) is 0 Å². The standard InChI is InChI=1S/C19H24O4/c1-4-11-21-12-15(20)13-22-18-9-10-19(23-14(2)3)17-8-6-5-7-16(17)18/h4-10,14-15,20H,1,11-13H2,2-3H3. The normalized spacial score (nSPS) is 12.3. The number of rotatable bonds is 9. The Kier molecular flexibility index (Phi) is 6.44. The van der Waals surface area contributed by atoms with E-state index in [9.17, 15) is 5.11 Å². The lowest BCUT2D eigenvalue weighted by molar-refractivity contribution is 0.0217. The second-order valence-corrected chi connectivity index (χ2v) is 5.56. The number of fused-ring (bicyclic) bond motifs is 1. The van der Waals surface area contributed by atoms with Crippen LogP contribution in [0, 0.1) is 0 Å². The minimum absolute atomic E-state index is 0.106. The molecular weight excluding hydrogens is 292 g/mol. The Labute approximate surface area is 137 Å². The Balaban J connectivity index is 2.11. The summed E-state index contributed by atoms with van der Waals surface area (Å²) in [6.45, 7) is 8.37. The first-order chi connectivity index (χ1) is 11.1. The highest BCUT2D eigenvalue weighted by Crippen LogP contribution is 2.33. The molecule has 1 atom stereocenters. The molecule has 2 aromatic rings. The van der Waals surface area contributed by atoms with Gasteiger partial charge in [0.25, 0.3) is 0 Å². The van der Waals surface area contributed by atoms with Gasteiger partial charge in [-0.05, 0) is 26.0 Å². The number of benzene rings is 2. The second kappa shape index (κ2) is 8.56. The summed E-state index contributed by atoms with van der Waals surface area (Å²) in [7, 11) is 0. The quantitative estimate of drug-likeness (QED) is 0.567. The van der Waals surface area contributed by atoms with Gasteiger partial charge in [0.2, 0.25) is 0 Å². The maximum atomic E-state index is 9.87. The largest absolute Gasteiger partial charge is 0.490 e. The van der Waals surface area contributed by atoms with Crippen molar-refractivity contribution < 1.29 is 19.3 Å². The fraction of sp³-hybridized carbons (Fsp3) is 0.368. The Morgan fingerprint density at radius 3 is 2.35 bits per heavy atom. The van der Waals surface area contributed by atoms with Gasteiger partial charge in [-0.1, -0.05) is 30.3 Å². The van der Waals surface area contributed by atoms with E-state index in [0.717, 1.165) is 22.3 Å². The summed E-state index contributed by atoms with van der Waals surface area (Å²) < 4.78 is 16.8. The SMILES string of the molecule is C=CCOCC(O)COc1ccc(OC(C)C)c2ccccc12. The van der Waals surface area contributed by atoms with Crippen molar-refractivity contribution >= 4 is 10.8 Å². The highest BCUT2D eigenvalue weighted by molar-refractivity contribution is 5.93. The van der Waals surface area contributed by atoms with E-state index in [0.29, 0.717) is 6.61 Å². The third-order valence-corrected chi connectivity index (χ3v) is 3.18. The molecule has 0 spiro atoms. The molecule has 0 saturated heterocycles. The zero-order chi connectivity index (χ0) is 16.7. The first-order valence-corrected chi connectivity index (χ1v) is 7.79. The molecular formula is C19H24O4. The van der Waals surface area contributed by atoms with Gasteiger partial charge in [-0.25, -0.2) is 0 Å². The molecule has 23 heavy (non-hydrogen) atoms. The Morgan fingerprint density at radius 1 is 1.04 bits per heavy atom. The molecule has 0 bridgehead atoms. The number of ether oxygens (including phenoxy) is 3. The lowest BCUT2D eigenvalue weighted by Crippen LogP contribution is -2.23. The molecule has 2 rings (SSSR count). The van der Waals surface area contributed by atoms with Crippen LogP contribution in [0.5, 0.6) is 11.5 Å². The van der Waals surface area contributed by atoms with Crippen molar-refractivity contribution in [1.82, 2.24) is 0 Å². The van der Waals surface area contributed by atoms with Crippen LogP contribution in [0.3, 0.4) is 0 Å². The van der Waals surface area contributed by atoms with E-state index in [2.05, 4.69) is 6.58 Å². The van der Waals surface area contributed by atoms with Gasteiger partial charge in [-0.15, -0.1) is 6.58 Å². The summed E-state index contributed by atoms with van der Waals surface area (Å²) in [6.07, 6.45) is 1.07. The van der Waals surface area contributed by atoms with Crippen LogP contribution in [-0.2, 0) is 4.74 Å². The van der Waals surface area contributed by atoms with Crippen LogP contribution in [0.25, 0.3) is 10.8 Å².